The summed E-state index contributed by atoms with van der Waals surface area (Å²) in [5.74, 6) is -0.0371. The van der Waals surface area contributed by atoms with Crippen LogP contribution in [0.2, 0.25) is 0 Å². The van der Waals surface area contributed by atoms with Gasteiger partial charge in [-0.1, -0.05) is 18.2 Å². The number of allylic oxidation sites excluding steroid dienone is 2. The fourth-order valence-electron chi connectivity index (χ4n) is 3.28. The first-order chi connectivity index (χ1) is 12.1. The van der Waals surface area contributed by atoms with E-state index in [-0.39, 0.29) is 23.7 Å². The maximum Gasteiger partial charge on any atom is 0.231 e. The van der Waals surface area contributed by atoms with Crippen LogP contribution in [0.1, 0.15) is 37.7 Å². The summed E-state index contributed by atoms with van der Waals surface area (Å²) in [6.07, 6.45) is 6.85. The van der Waals surface area contributed by atoms with E-state index in [1.807, 2.05) is 30.5 Å². The number of carbonyl (C=O) groups excluding carboxylic acids is 2. The molecule has 1 aromatic carbocycles. The second kappa shape index (κ2) is 6.44. The molecule has 0 unspecified atom stereocenters. The number of carbonyl (C=O) groups is 2. The number of nitrogens with one attached hydrogen (secondary N) is 2. The molecule has 0 bridgehead atoms. The van der Waals surface area contributed by atoms with Crippen LogP contribution in [0.5, 0.6) is 0 Å². The van der Waals surface area contributed by atoms with Gasteiger partial charge in [-0.3, -0.25) is 9.59 Å². The second-order valence-corrected chi connectivity index (χ2v) is 7.38. The summed E-state index contributed by atoms with van der Waals surface area (Å²) in [5, 5.41) is 8.37. The largest absolute Gasteiger partial charge is 0.325 e. The van der Waals surface area contributed by atoms with Gasteiger partial charge in [0.1, 0.15) is 0 Å². The van der Waals surface area contributed by atoms with Crippen LogP contribution in [0.4, 0.5) is 10.8 Å². The second-order valence-electron chi connectivity index (χ2n) is 6.52. The molecule has 128 valence electrons. The number of aromatic nitrogens is 1. The fraction of sp³-hybridized carbons (Fsp3) is 0.316. The average molecular weight is 353 g/mol. The maximum atomic E-state index is 12.3. The van der Waals surface area contributed by atoms with E-state index in [1.165, 1.54) is 11.3 Å². The van der Waals surface area contributed by atoms with Gasteiger partial charge in [0.2, 0.25) is 11.8 Å². The van der Waals surface area contributed by atoms with Gasteiger partial charge in [0.15, 0.2) is 5.13 Å². The molecule has 1 aliphatic carbocycles. The van der Waals surface area contributed by atoms with Gasteiger partial charge in [-0.05, 0) is 43.9 Å². The predicted molar refractivity (Wildman–Crippen MR) is 99.7 cm³/mol. The molecule has 2 amide bonds. The van der Waals surface area contributed by atoms with E-state index in [1.54, 1.807) is 0 Å². The molecule has 0 saturated heterocycles. The molecule has 2 aromatic rings. The van der Waals surface area contributed by atoms with Crippen molar-refractivity contribution in [1.29, 1.82) is 0 Å². The number of fused-ring (bicyclic) bond motifs is 1. The number of thiazole rings is 1. The molecular formula is C19H19N3O2S. The van der Waals surface area contributed by atoms with Gasteiger partial charge in [0, 0.05) is 22.5 Å². The molecule has 4 rings (SSSR count). The van der Waals surface area contributed by atoms with Crippen molar-refractivity contribution < 1.29 is 9.59 Å². The molecule has 2 N–H and O–H groups in total. The monoisotopic (exact) mass is 353 g/mol. The first kappa shape index (κ1) is 16.0. The Morgan fingerprint density at radius 3 is 3.04 bits per heavy atom. The molecule has 5 nitrogen and oxygen atoms in total. The van der Waals surface area contributed by atoms with Crippen LogP contribution >= 0.6 is 11.3 Å². The van der Waals surface area contributed by atoms with Crippen molar-refractivity contribution in [3.63, 3.8) is 0 Å². The molecule has 2 aliphatic rings. The van der Waals surface area contributed by atoms with E-state index in [0.717, 1.165) is 41.8 Å². The Hall–Kier alpha value is -2.47. The predicted octanol–water partition coefficient (Wildman–Crippen LogP) is 4.16. The van der Waals surface area contributed by atoms with Crippen molar-refractivity contribution in [3.05, 3.63) is 41.3 Å². The SMILES string of the molecule is C[C@H]1C(=O)Nc2ccc(-c3csc(NC(=O)[C@H]4CC=CCC4)n3)cc21. The van der Waals surface area contributed by atoms with Crippen LogP contribution in [-0.2, 0) is 9.59 Å². The molecule has 0 fully saturated rings. The Labute approximate surface area is 150 Å². The lowest BCUT2D eigenvalue weighted by atomic mass is 9.94. The topological polar surface area (TPSA) is 71.1 Å². The molecule has 2 atom stereocenters. The van der Waals surface area contributed by atoms with E-state index >= 15 is 0 Å². The van der Waals surface area contributed by atoms with Crippen molar-refractivity contribution >= 4 is 34.0 Å². The Morgan fingerprint density at radius 2 is 2.24 bits per heavy atom. The zero-order chi connectivity index (χ0) is 17.4. The molecular weight excluding hydrogens is 334 g/mol. The number of hydrogen-bond acceptors (Lipinski definition) is 4. The number of benzene rings is 1. The molecule has 0 spiro atoms. The van der Waals surface area contributed by atoms with Crippen LogP contribution < -0.4 is 10.6 Å². The van der Waals surface area contributed by atoms with Crippen LogP contribution in [0.25, 0.3) is 11.3 Å². The zero-order valence-electron chi connectivity index (χ0n) is 13.9. The molecule has 1 aliphatic heterocycles. The Morgan fingerprint density at radius 1 is 1.36 bits per heavy atom. The lowest BCUT2D eigenvalue weighted by molar-refractivity contribution is -0.120. The Bertz CT molecular complexity index is 871. The first-order valence-corrected chi connectivity index (χ1v) is 9.36. The van der Waals surface area contributed by atoms with E-state index in [0.29, 0.717) is 5.13 Å². The number of amides is 2. The number of hydrogen-bond donors (Lipinski definition) is 2. The van der Waals surface area contributed by atoms with Crippen molar-refractivity contribution in [1.82, 2.24) is 4.98 Å². The molecule has 25 heavy (non-hydrogen) atoms. The summed E-state index contributed by atoms with van der Waals surface area (Å²) in [5.41, 5.74) is 3.64. The summed E-state index contributed by atoms with van der Waals surface area (Å²) in [6, 6.07) is 5.87. The van der Waals surface area contributed by atoms with Gasteiger partial charge in [0.25, 0.3) is 0 Å². The van der Waals surface area contributed by atoms with Crippen molar-refractivity contribution in [2.24, 2.45) is 5.92 Å². The molecule has 0 radical (unpaired) electrons. The number of rotatable bonds is 3. The van der Waals surface area contributed by atoms with Gasteiger partial charge >= 0.3 is 0 Å². The molecule has 2 heterocycles. The highest BCUT2D eigenvalue weighted by Gasteiger charge is 2.27. The highest BCUT2D eigenvalue weighted by molar-refractivity contribution is 7.14. The van der Waals surface area contributed by atoms with Crippen LogP contribution in [-0.4, -0.2) is 16.8 Å². The van der Waals surface area contributed by atoms with Crippen molar-refractivity contribution in [3.8, 4) is 11.3 Å². The van der Waals surface area contributed by atoms with Crippen LogP contribution in [0.3, 0.4) is 0 Å². The third kappa shape index (κ3) is 3.09. The lowest BCUT2D eigenvalue weighted by Crippen LogP contribution is -2.23. The summed E-state index contributed by atoms with van der Waals surface area (Å²) in [4.78, 5) is 28.6. The van der Waals surface area contributed by atoms with Crippen LogP contribution in [0, 0.1) is 5.92 Å². The molecule has 0 saturated carbocycles. The van der Waals surface area contributed by atoms with Gasteiger partial charge in [0.05, 0.1) is 11.6 Å². The Kier molecular flexibility index (Phi) is 4.13. The van der Waals surface area contributed by atoms with E-state index in [9.17, 15) is 9.59 Å². The smallest absolute Gasteiger partial charge is 0.231 e. The van der Waals surface area contributed by atoms with Gasteiger partial charge < -0.3 is 10.6 Å². The minimum absolute atomic E-state index is 0.0277. The third-order valence-electron chi connectivity index (χ3n) is 4.84. The van der Waals surface area contributed by atoms with Crippen LogP contribution in [0.15, 0.2) is 35.7 Å². The summed E-state index contributed by atoms with van der Waals surface area (Å²) in [6.45, 7) is 1.90. The standard InChI is InChI=1S/C19H19N3O2S/c1-11-14-9-13(7-8-15(14)20-17(11)23)16-10-25-19(21-16)22-18(24)12-5-3-2-4-6-12/h2-3,7-12H,4-6H2,1H3,(H,20,23)(H,21,22,24)/t11-,12+/m1/s1. The van der Waals surface area contributed by atoms with E-state index < -0.39 is 0 Å². The zero-order valence-corrected chi connectivity index (χ0v) is 14.7. The normalized spacial score (nSPS) is 21.7. The quantitative estimate of drug-likeness (QED) is 0.814. The minimum Gasteiger partial charge on any atom is -0.325 e. The first-order valence-electron chi connectivity index (χ1n) is 8.48. The highest BCUT2D eigenvalue weighted by atomic mass is 32.1. The number of anilines is 2. The minimum atomic E-state index is -0.146. The van der Waals surface area contributed by atoms with Gasteiger partial charge in [-0.25, -0.2) is 4.98 Å². The van der Waals surface area contributed by atoms with Gasteiger partial charge in [-0.2, -0.15) is 0 Å². The van der Waals surface area contributed by atoms with E-state index in [2.05, 4.69) is 27.8 Å². The Balaban J connectivity index is 1.51. The average Bonchev–Trinajstić information content (AvgIpc) is 3.21. The fourth-order valence-corrected chi connectivity index (χ4v) is 4.00. The molecule has 6 heteroatoms. The molecule has 1 aromatic heterocycles. The van der Waals surface area contributed by atoms with Crippen molar-refractivity contribution in [2.45, 2.75) is 32.1 Å². The van der Waals surface area contributed by atoms with Gasteiger partial charge in [-0.15, -0.1) is 11.3 Å². The lowest BCUT2D eigenvalue weighted by Gasteiger charge is -2.15. The highest BCUT2D eigenvalue weighted by Crippen LogP contribution is 2.36. The van der Waals surface area contributed by atoms with E-state index in [4.69, 9.17) is 0 Å². The maximum absolute atomic E-state index is 12.3. The number of nitrogens with zero attached hydrogens (tertiary/aromatic N) is 1. The summed E-state index contributed by atoms with van der Waals surface area (Å²) in [7, 11) is 0. The summed E-state index contributed by atoms with van der Waals surface area (Å²) < 4.78 is 0. The summed E-state index contributed by atoms with van der Waals surface area (Å²) >= 11 is 1.43. The van der Waals surface area contributed by atoms with Crippen molar-refractivity contribution in [2.75, 3.05) is 10.6 Å². The third-order valence-corrected chi connectivity index (χ3v) is 5.60.